The zero-order valence-electron chi connectivity index (χ0n) is 43.2. The van der Waals surface area contributed by atoms with Crippen molar-refractivity contribution in [2.75, 3.05) is 14.7 Å². The largest absolute Gasteiger partial charge is 0.335 e. The molecule has 0 bridgehead atoms. The number of hydrogen-bond acceptors (Lipinski definition) is 4. The SMILES string of the molecule is C1=CCCC(N(c2ccccc2)c2ccc3c(c2)C2(c4cc(N(c5ccccc5)c5ccccc5)ccc4-c4ccc(N(c5ccccc5)c5ccccc5)cc42)C2C=C(N(C4=CCCC=C4)C4C=CC=CC4)C=CC32)=C1. The van der Waals surface area contributed by atoms with Crippen molar-refractivity contribution in [1.82, 2.24) is 4.90 Å². The molecule has 0 N–H and O–H groups in total. The molecule has 1 spiro atoms. The first kappa shape index (κ1) is 46.4. The van der Waals surface area contributed by atoms with E-state index in [9.17, 15) is 0 Å². The van der Waals surface area contributed by atoms with Crippen LogP contribution in [0.4, 0.5) is 45.5 Å². The molecule has 0 radical (unpaired) electrons. The number of allylic oxidation sites excluding steroid dienone is 12. The fraction of sp³-hybridized carbons (Fsp3) is 0.123. The van der Waals surface area contributed by atoms with Crippen LogP contribution in [0.3, 0.4) is 0 Å². The first-order valence-corrected chi connectivity index (χ1v) is 27.6. The normalized spacial score (nSPS) is 18.9. The van der Waals surface area contributed by atoms with Gasteiger partial charge in [0.15, 0.2) is 0 Å². The lowest BCUT2D eigenvalue weighted by Crippen LogP contribution is -2.37. The third-order valence-electron chi connectivity index (χ3n) is 16.6. The maximum atomic E-state index is 2.69. The van der Waals surface area contributed by atoms with Crippen LogP contribution in [-0.2, 0) is 5.41 Å². The molecule has 0 saturated heterocycles. The lowest BCUT2D eigenvalue weighted by atomic mass is 9.65. The van der Waals surface area contributed by atoms with E-state index in [0.717, 1.165) is 66.2 Å². The molecule has 372 valence electrons. The predicted octanol–water partition coefficient (Wildman–Crippen LogP) is 18.9. The van der Waals surface area contributed by atoms with Gasteiger partial charge in [-0.05, 0) is 181 Å². The van der Waals surface area contributed by atoms with E-state index in [0.29, 0.717) is 0 Å². The van der Waals surface area contributed by atoms with Crippen molar-refractivity contribution in [1.29, 1.82) is 0 Å². The third kappa shape index (κ3) is 8.06. The van der Waals surface area contributed by atoms with Gasteiger partial charge in [-0.25, -0.2) is 0 Å². The van der Waals surface area contributed by atoms with Gasteiger partial charge in [0, 0.05) is 74.4 Å². The van der Waals surface area contributed by atoms with Crippen molar-refractivity contribution < 1.29 is 0 Å². The Morgan fingerprint density at radius 1 is 0.403 bits per heavy atom. The molecule has 0 amide bonds. The van der Waals surface area contributed by atoms with Crippen LogP contribution in [0.15, 0.2) is 302 Å². The summed E-state index contributed by atoms with van der Waals surface area (Å²) in [4.78, 5) is 10.0. The van der Waals surface area contributed by atoms with Crippen LogP contribution < -0.4 is 14.7 Å². The number of hydrogen-bond donors (Lipinski definition) is 0. The highest BCUT2D eigenvalue weighted by Gasteiger charge is 2.58. The van der Waals surface area contributed by atoms with E-state index in [2.05, 4.69) is 305 Å². The summed E-state index contributed by atoms with van der Waals surface area (Å²) in [6, 6.07) is 76.9. The second-order valence-corrected chi connectivity index (χ2v) is 20.9. The summed E-state index contributed by atoms with van der Waals surface area (Å²) in [6.07, 6.45) is 35.9. The van der Waals surface area contributed by atoms with Crippen LogP contribution in [0, 0.1) is 5.92 Å². The van der Waals surface area contributed by atoms with Crippen LogP contribution in [0.5, 0.6) is 0 Å². The van der Waals surface area contributed by atoms with Gasteiger partial charge in [-0.1, -0.05) is 170 Å². The topological polar surface area (TPSA) is 13.0 Å². The Balaban J connectivity index is 1.07. The molecule has 6 aliphatic rings. The highest BCUT2D eigenvalue weighted by molar-refractivity contribution is 5.92. The Kier molecular flexibility index (Phi) is 12.0. The molecule has 4 heteroatoms. The summed E-state index contributed by atoms with van der Waals surface area (Å²) in [5.41, 5.74) is 20.2. The van der Waals surface area contributed by atoms with Gasteiger partial charge in [0.2, 0.25) is 0 Å². The van der Waals surface area contributed by atoms with Gasteiger partial charge in [-0.2, -0.15) is 0 Å². The second kappa shape index (κ2) is 19.9. The number of nitrogens with zero attached hydrogens (tertiary/aromatic N) is 4. The summed E-state index contributed by atoms with van der Waals surface area (Å²) >= 11 is 0. The molecule has 8 aromatic carbocycles. The number of rotatable bonds is 12. The quantitative estimate of drug-likeness (QED) is 0.121. The average Bonchev–Trinajstić information content (AvgIpc) is 4.12. The lowest BCUT2D eigenvalue weighted by molar-refractivity contribution is 0.363. The lowest BCUT2D eigenvalue weighted by Gasteiger charge is -2.41. The Labute approximate surface area is 453 Å². The minimum atomic E-state index is -0.644. The molecular weight excluding hydrogens is 933 g/mol. The molecule has 0 fully saturated rings. The predicted molar refractivity (Wildman–Crippen MR) is 321 cm³/mol. The van der Waals surface area contributed by atoms with Crippen LogP contribution in [0.25, 0.3) is 11.1 Å². The smallest absolute Gasteiger partial charge is 0.0559 e. The first-order chi connectivity index (χ1) is 38.2. The van der Waals surface area contributed by atoms with E-state index < -0.39 is 5.41 Å². The van der Waals surface area contributed by atoms with Crippen molar-refractivity contribution in [2.24, 2.45) is 5.92 Å². The molecule has 0 heterocycles. The van der Waals surface area contributed by atoms with Crippen molar-refractivity contribution in [3.8, 4) is 11.1 Å². The highest BCUT2D eigenvalue weighted by atomic mass is 15.2. The Bertz CT molecular complexity index is 3540. The van der Waals surface area contributed by atoms with Crippen LogP contribution in [-0.4, -0.2) is 10.9 Å². The fourth-order valence-electron chi connectivity index (χ4n) is 13.4. The first-order valence-electron chi connectivity index (χ1n) is 27.6. The fourth-order valence-corrected chi connectivity index (χ4v) is 13.4. The third-order valence-corrected chi connectivity index (χ3v) is 16.6. The molecule has 4 nitrogen and oxygen atoms in total. The minimum absolute atomic E-state index is 0.00263. The molecule has 8 aromatic rings. The van der Waals surface area contributed by atoms with E-state index >= 15 is 0 Å². The summed E-state index contributed by atoms with van der Waals surface area (Å²) in [5, 5.41) is 0. The zero-order chi connectivity index (χ0) is 51.1. The second-order valence-electron chi connectivity index (χ2n) is 20.9. The Morgan fingerprint density at radius 3 is 1.44 bits per heavy atom. The average molecular weight is 993 g/mol. The Hall–Kier alpha value is -9.12. The van der Waals surface area contributed by atoms with E-state index in [1.807, 2.05) is 0 Å². The number of anilines is 8. The van der Waals surface area contributed by atoms with Gasteiger partial charge in [-0.3, -0.25) is 0 Å². The van der Waals surface area contributed by atoms with E-state index in [1.54, 1.807) is 0 Å². The standard InChI is InChI=1S/C73H60N4/c1-9-25-53(26-10-1)74(54-27-11-2-12-28-54)61-41-45-65-66-46-42-62(75(55-29-13-3-14-30-55)56-31-15-4-16-32-56)50-70(66)73(69(65)49-61)71-51-63(76(57-33-17-5-18-34-57)58-35-19-6-20-36-58)43-47-67(71)68-48-44-64(52-72(68)73)77(59-37-21-7-22-38-59)60-39-23-8-24-40-60/h1-7,9-19,21-23,25-35,37,39-52,59,68,72H,8,20,24,36,38H2. The van der Waals surface area contributed by atoms with Gasteiger partial charge in [0.05, 0.1) is 11.5 Å². The summed E-state index contributed by atoms with van der Waals surface area (Å²) in [7, 11) is 0. The molecule has 0 aliphatic heterocycles. The van der Waals surface area contributed by atoms with E-state index in [1.165, 1.54) is 61.8 Å². The van der Waals surface area contributed by atoms with Gasteiger partial charge in [0.25, 0.3) is 0 Å². The van der Waals surface area contributed by atoms with Crippen LogP contribution in [0.1, 0.15) is 60.3 Å². The molecule has 0 saturated carbocycles. The summed E-state index contributed by atoms with van der Waals surface area (Å²) in [6.45, 7) is 0. The highest BCUT2D eigenvalue weighted by Crippen LogP contribution is 2.67. The van der Waals surface area contributed by atoms with Gasteiger partial charge in [-0.15, -0.1) is 0 Å². The van der Waals surface area contributed by atoms with Crippen molar-refractivity contribution in [3.63, 3.8) is 0 Å². The monoisotopic (exact) mass is 992 g/mol. The minimum Gasteiger partial charge on any atom is -0.335 e. The maximum absolute atomic E-state index is 2.69. The molecular formula is C73H60N4. The molecule has 14 rings (SSSR count). The summed E-state index contributed by atoms with van der Waals surface area (Å²) in [5.74, 6) is 0.0944. The molecule has 77 heavy (non-hydrogen) atoms. The van der Waals surface area contributed by atoms with Gasteiger partial charge in [0.1, 0.15) is 0 Å². The van der Waals surface area contributed by atoms with E-state index in [-0.39, 0.29) is 17.9 Å². The number of para-hydroxylation sites is 5. The number of benzene rings is 8. The molecule has 6 aliphatic carbocycles. The van der Waals surface area contributed by atoms with Crippen LogP contribution in [0.2, 0.25) is 0 Å². The summed E-state index contributed by atoms with van der Waals surface area (Å²) < 4.78 is 0. The van der Waals surface area contributed by atoms with Crippen molar-refractivity contribution in [2.45, 2.75) is 49.5 Å². The van der Waals surface area contributed by atoms with Gasteiger partial charge < -0.3 is 19.6 Å². The molecule has 3 unspecified atom stereocenters. The molecule has 3 atom stereocenters. The van der Waals surface area contributed by atoms with Crippen molar-refractivity contribution >= 4 is 45.5 Å². The van der Waals surface area contributed by atoms with Crippen LogP contribution >= 0.6 is 0 Å². The molecule has 0 aromatic heterocycles. The number of fused-ring (bicyclic) bond motifs is 10. The zero-order valence-corrected chi connectivity index (χ0v) is 43.2. The Morgan fingerprint density at radius 2 is 0.935 bits per heavy atom. The van der Waals surface area contributed by atoms with Crippen molar-refractivity contribution in [3.05, 3.63) is 325 Å². The van der Waals surface area contributed by atoms with E-state index in [4.69, 9.17) is 0 Å². The maximum Gasteiger partial charge on any atom is 0.0559 e. The van der Waals surface area contributed by atoms with Gasteiger partial charge >= 0.3 is 0 Å².